The molecule has 0 unspecified atom stereocenters. The first-order valence-electron chi connectivity index (χ1n) is 3.39. The van der Waals surface area contributed by atoms with Gasteiger partial charge in [0, 0.05) is 35.6 Å². The number of benzene rings is 1. The van der Waals surface area contributed by atoms with Crippen molar-refractivity contribution in [2.24, 2.45) is 0 Å². The Morgan fingerprint density at radius 1 is 1.43 bits per heavy atom. The van der Waals surface area contributed by atoms with Crippen molar-refractivity contribution in [3.05, 3.63) is 23.8 Å². The van der Waals surface area contributed by atoms with Crippen LogP contribution in [0, 0.1) is 6.92 Å². The summed E-state index contributed by atoms with van der Waals surface area (Å²) in [5, 5.41) is 9.06. The average molecular weight is 245 g/mol. The fraction of sp³-hybridized carbons (Fsp3) is 0.143. The Balaban J connectivity index is 0.00000169. The number of phenolic OH excluding ortho intramolecular Hbond substituents is 1. The Morgan fingerprint density at radius 2 is 2.00 bits per heavy atom. The Bertz CT molecular complexity index is 421. The Labute approximate surface area is 110 Å². The van der Waals surface area contributed by atoms with Gasteiger partial charge in [0.25, 0.3) is 10.0 Å². The van der Waals surface area contributed by atoms with E-state index >= 15 is 0 Å². The largest absolute Gasteiger partial charge is 0.508 e. The van der Waals surface area contributed by atoms with Gasteiger partial charge in [0.1, 0.15) is 5.75 Å². The van der Waals surface area contributed by atoms with Crippen LogP contribution in [0.3, 0.4) is 0 Å². The standard InChI is InChI=1S/C7H8ClNO3S.Na/c1-5-2-3-6(10)4-7(5)13(11,12)9-8;/h2-4,9-10H,1H3;. The van der Waals surface area contributed by atoms with Crippen molar-refractivity contribution in [2.45, 2.75) is 11.8 Å². The van der Waals surface area contributed by atoms with Crippen molar-refractivity contribution in [3.8, 4) is 5.75 Å². The van der Waals surface area contributed by atoms with Gasteiger partial charge in [-0.3, -0.25) is 0 Å². The molecular weight excluding hydrogens is 237 g/mol. The predicted molar refractivity (Wildman–Crippen MR) is 54.8 cm³/mol. The predicted octanol–water partition coefficient (Wildman–Crippen LogP) is 0.752. The average Bonchev–Trinajstić information content (AvgIpc) is 2.09. The van der Waals surface area contributed by atoms with Gasteiger partial charge < -0.3 is 5.11 Å². The second kappa shape index (κ2) is 5.34. The quantitative estimate of drug-likeness (QED) is 0.596. The summed E-state index contributed by atoms with van der Waals surface area (Å²) in [5.41, 5.74) is 0.519. The summed E-state index contributed by atoms with van der Waals surface area (Å²) in [4.78, 5) is -0.0255. The smallest absolute Gasteiger partial charge is 0.254 e. The summed E-state index contributed by atoms with van der Waals surface area (Å²) in [7, 11) is -3.70. The van der Waals surface area contributed by atoms with Crippen molar-refractivity contribution in [1.29, 1.82) is 0 Å². The molecule has 0 bridgehead atoms. The summed E-state index contributed by atoms with van der Waals surface area (Å²) in [6.07, 6.45) is 0. The molecule has 0 aliphatic carbocycles. The number of aryl methyl sites for hydroxylation is 1. The minimum absolute atomic E-state index is 0. The topological polar surface area (TPSA) is 66.4 Å². The molecule has 1 aromatic carbocycles. The van der Waals surface area contributed by atoms with E-state index in [4.69, 9.17) is 16.9 Å². The Morgan fingerprint density at radius 3 is 2.50 bits per heavy atom. The van der Waals surface area contributed by atoms with Crippen LogP contribution in [-0.2, 0) is 10.0 Å². The van der Waals surface area contributed by atoms with Crippen molar-refractivity contribution < 1.29 is 13.5 Å². The molecular formula is C7H8ClNNaO3S. The van der Waals surface area contributed by atoms with E-state index in [1.807, 2.05) is 0 Å². The van der Waals surface area contributed by atoms with Crippen LogP contribution in [0.4, 0.5) is 0 Å². The van der Waals surface area contributed by atoms with Crippen molar-refractivity contribution in [1.82, 2.24) is 4.24 Å². The summed E-state index contributed by atoms with van der Waals surface area (Å²) in [6.45, 7) is 1.61. The maximum absolute atomic E-state index is 11.2. The van der Waals surface area contributed by atoms with Gasteiger partial charge in [-0.15, -0.1) is 4.24 Å². The fourth-order valence-electron chi connectivity index (χ4n) is 0.920. The van der Waals surface area contributed by atoms with E-state index in [1.54, 1.807) is 11.2 Å². The van der Waals surface area contributed by atoms with Crippen LogP contribution in [0.5, 0.6) is 5.75 Å². The van der Waals surface area contributed by atoms with E-state index in [1.165, 1.54) is 12.1 Å². The van der Waals surface area contributed by atoms with Gasteiger partial charge in [0.05, 0.1) is 4.90 Å². The summed E-state index contributed by atoms with van der Waals surface area (Å²) in [5.74, 6) is -0.115. The second-order valence-corrected chi connectivity index (χ2v) is 4.59. The molecule has 0 atom stereocenters. The van der Waals surface area contributed by atoms with E-state index in [0.717, 1.165) is 6.07 Å². The number of hydrogen-bond donors (Lipinski definition) is 2. The van der Waals surface area contributed by atoms with Gasteiger partial charge >= 0.3 is 0 Å². The number of hydrogen-bond acceptors (Lipinski definition) is 3. The van der Waals surface area contributed by atoms with E-state index in [-0.39, 0.29) is 40.2 Å². The van der Waals surface area contributed by atoms with Gasteiger partial charge in [-0.1, -0.05) is 6.07 Å². The Hall–Kier alpha value is 0.220. The summed E-state index contributed by atoms with van der Waals surface area (Å²) >= 11 is 5.03. The SMILES string of the molecule is Cc1ccc(O)cc1S(=O)(=O)NCl.[Na]. The molecule has 0 fully saturated rings. The van der Waals surface area contributed by atoms with E-state index < -0.39 is 10.0 Å². The van der Waals surface area contributed by atoms with Crippen molar-refractivity contribution in [3.63, 3.8) is 0 Å². The minimum Gasteiger partial charge on any atom is -0.508 e. The van der Waals surface area contributed by atoms with Crippen LogP contribution in [0.2, 0.25) is 0 Å². The number of phenols is 1. The van der Waals surface area contributed by atoms with Gasteiger partial charge in [0.15, 0.2) is 0 Å². The maximum Gasteiger partial charge on any atom is 0.254 e. The summed E-state index contributed by atoms with van der Waals surface area (Å²) < 4.78 is 24.1. The van der Waals surface area contributed by atoms with Crippen LogP contribution in [0.25, 0.3) is 0 Å². The number of nitrogens with one attached hydrogen (secondary N) is 1. The molecule has 7 heteroatoms. The van der Waals surface area contributed by atoms with Gasteiger partial charge in [-0.25, -0.2) is 8.42 Å². The van der Waals surface area contributed by atoms with E-state index in [0.29, 0.717) is 5.56 Å². The normalized spacial score (nSPS) is 10.7. The molecule has 73 valence electrons. The molecule has 4 nitrogen and oxygen atoms in total. The first kappa shape index (κ1) is 14.2. The fourth-order valence-corrected chi connectivity index (χ4v) is 2.02. The molecule has 0 aliphatic rings. The molecule has 2 N–H and O–H groups in total. The molecule has 0 saturated heterocycles. The zero-order valence-corrected chi connectivity index (χ0v) is 11.4. The molecule has 0 amide bonds. The molecule has 0 spiro atoms. The molecule has 1 rings (SSSR count). The second-order valence-electron chi connectivity index (χ2n) is 2.53. The van der Waals surface area contributed by atoms with Gasteiger partial charge in [0.2, 0.25) is 0 Å². The van der Waals surface area contributed by atoms with Crippen molar-refractivity contribution in [2.75, 3.05) is 0 Å². The van der Waals surface area contributed by atoms with Gasteiger partial charge in [-0.2, -0.15) is 0 Å². The van der Waals surface area contributed by atoms with E-state index in [2.05, 4.69) is 0 Å². The van der Waals surface area contributed by atoms with Crippen LogP contribution >= 0.6 is 11.8 Å². The van der Waals surface area contributed by atoms with Crippen LogP contribution < -0.4 is 4.24 Å². The molecule has 0 aromatic heterocycles. The zero-order valence-electron chi connectivity index (χ0n) is 7.78. The number of aromatic hydroxyl groups is 1. The Kier molecular flexibility index (Phi) is 5.43. The minimum atomic E-state index is -3.70. The summed E-state index contributed by atoms with van der Waals surface area (Å²) in [6, 6.07) is 4.04. The van der Waals surface area contributed by atoms with Crippen LogP contribution in [0.1, 0.15) is 5.56 Å². The third-order valence-electron chi connectivity index (χ3n) is 1.56. The van der Waals surface area contributed by atoms with E-state index in [9.17, 15) is 8.42 Å². The number of sulfonamides is 1. The first-order chi connectivity index (χ1) is 5.97. The number of halogens is 1. The molecule has 1 aromatic rings. The zero-order chi connectivity index (χ0) is 10.1. The molecule has 14 heavy (non-hydrogen) atoms. The first-order valence-corrected chi connectivity index (χ1v) is 5.25. The van der Waals surface area contributed by atoms with Gasteiger partial charge in [-0.05, 0) is 30.3 Å². The third kappa shape index (κ3) is 3.12. The number of rotatable bonds is 2. The third-order valence-corrected chi connectivity index (χ3v) is 3.39. The van der Waals surface area contributed by atoms with Crippen LogP contribution in [0.15, 0.2) is 23.1 Å². The molecule has 0 heterocycles. The van der Waals surface area contributed by atoms with Crippen LogP contribution in [-0.4, -0.2) is 43.1 Å². The molecule has 0 saturated carbocycles. The molecule has 1 radical (unpaired) electrons. The monoisotopic (exact) mass is 244 g/mol. The van der Waals surface area contributed by atoms with Crippen molar-refractivity contribution >= 4 is 51.4 Å². The maximum atomic E-state index is 11.2. The molecule has 0 aliphatic heterocycles.